The van der Waals surface area contributed by atoms with Crippen LogP contribution in [0.4, 0.5) is 14.6 Å². The number of carbonyl (C=O) groups is 1. The second-order valence-corrected chi connectivity index (χ2v) is 9.77. The second-order valence-electron chi connectivity index (χ2n) is 9.77. The Kier molecular flexibility index (Phi) is 4.93. The van der Waals surface area contributed by atoms with Crippen LogP contribution in [0.5, 0.6) is 0 Å². The molecule has 1 saturated heterocycles. The molecule has 1 amide bonds. The molecule has 8 nitrogen and oxygen atoms in total. The number of anilines is 1. The number of carbonyl (C=O) groups excluding carboxylic acids is 1. The minimum atomic E-state index is -2.85. The lowest BCUT2D eigenvalue weighted by molar-refractivity contribution is 0.0921. The molecule has 3 aromatic heterocycles. The fraction of sp³-hybridized carbons (Fsp3) is 0.500. The Morgan fingerprint density at radius 1 is 1.24 bits per heavy atom. The van der Waals surface area contributed by atoms with E-state index in [1.54, 1.807) is 0 Å². The quantitative estimate of drug-likeness (QED) is 0.579. The topological polar surface area (TPSA) is 91.7 Å². The van der Waals surface area contributed by atoms with Crippen LogP contribution in [0.25, 0.3) is 0 Å². The average Bonchev–Trinajstić information content (AvgIpc) is 3.24. The third-order valence-electron chi connectivity index (χ3n) is 7.50. The fourth-order valence-corrected chi connectivity index (χ4v) is 5.42. The number of hydrogen-bond acceptors (Lipinski definition) is 5. The molecule has 6 rings (SSSR count). The molecule has 1 saturated carbocycles. The lowest BCUT2D eigenvalue weighted by atomic mass is 10.2. The van der Waals surface area contributed by atoms with Gasteiger partial charge in [0.25, 0.3) is 12.3 Å². The zero-order valence-electron chi connectivity index (χ0n) is 19.2. The summed E-state index contributed by atoms with van der Waals surface area (Å²) in [6.07, 6.45) is 1.40. The molecule has 3 aromatic rings. The van der Waals surface area contributed by atoms with E-state index in [0.29, 0.717) is 6.42 Å². The number of alkyl halides is 2. The van der Waals surface area contributed by atoms with E-state index in [2.05, 4.69) is 25.5 Å². The van der Waals surface area contributed by atoms with Crippen molar-refractivity contribution in [1.29, 1.82) is 0 Å². The number of amides is 1. The first-order valence-corrected chi connectivity index (χ1v) is 11.8. The van der Waals surface area contributed by atoms with Gasteiger partial charge in [0.05, 0.1) is 29.5 Å². The highest BCUT2D eigenvalue weighted by Gasteiger charge is 2.45. The molecule has 2 aliphatic carbocycles. The van der Waals surface area contributed by atoms with Gasteiger partial charge in [0.2, 0.25) is 0 Å². The molecule has 0 bridgehead atoms. The Hall–Kier alpha value is -3.30. The van der Waals surface area contributed by atoms with Gasteiger partial charge in [0.15, 0.2) is 0 Å². The van der Waals surface area contributed by atoms with Gasteiger partial charge < -0.3 is 10.2 Å². The van der Waals surface area contributed by atoms with Gasteiger partial charge in [-0.1, -0.05) is 6.07 Å². The monoisotopic (exact) mass is 467 g/mol. The summed E-state index contributed by atoms with van der Waals surface area (Å²) in [6.45, 7) is 6.23. The van der Waals surface area contributed by atoms with Crippen LogP contribution in [0.15, 0.2) is 18.3 Å². The number of aromatic nitrogens is 5. The van der Waals surface area contributed by atoms with Crippen LogP contribution in [0.3, 0.4) is 0 Å². The van der Waals surface area contributed by atoms with Gasteiger partial charge in [-0.15, -0.1) is 0 Å². The van der Waals surface area contributed by atoms with Crippen LogP contribution in [-0.4, -0.2) is 44.0 Å². The molecular weight excluding hydrogens is 440 g/mol. The highest BCUT2D eigenvalue weighted by molar-refractivity contribution is 5.95. The summed E-state index contributed by atoms with van der Waals surface area (Å²) in [6, 6.07) is 3.70. The Morgan fingerprint density at radius 3 is 2.76 bits per heavy atom. The maximum Gasteiger partial charge on any atom is 0.282 e. The standard InChI is InChI=1S/C24H27F2N7O/c1-12-14(3-6-20(27-12)32-8-15-7-16(15)9-32)10-33-11-18(22(31-33)23(25)26)24(34)28-19-5-4-17-13(2)29-30-21(17)19/h3,6,11,15-16,19,23H,4-5,7-10H2,1-2H3,(H,28,34)(H,29,30)/t15?,16?,19-/m1/s1. The Balaban J connectivity index is 1.19. The minimum Gasteiger partial charge on any atom is -0.356 e. The Labute approximate surface area is 195 Å². The second kappa shape index (κ2) is 7.89. The number of fused-ring (bicyclic) bond motifs is 2. The summed E-state index contributed by atoms with van der Waals surface area (Å²) in [5.74, 6) is 2.05. The van der Waals surface area contributed by atoms with Crippen molar-refractivity contribution in [2.75, 3.05) is 18.0 Å². The van der Waals surface area contributed by atoms with E-state index in [1.807, 2.05) is 26.0 Å². The van der Waals surface area contributed by atoms with E-state index in [-0.39, 0.29) is 18.2 Å². The van der Waals surface area contributed by atoms with Crippen LogP contribution < -0.4 is 10.2 Å². The molecule has 0 spiro atoms. The molecule has 0 aromatic carbocycles. The summed E-state index contributed by atoms with van der Waals surface area (Å²) < 4.78 is 28.9. The third-order valence-corrected chi connectivity index (χ3v) is 7.50. The van der Waals surface area contributed by atoms with Crippen molar-refractivity contribution < 1.29 is 13.6 Å². The number of rotatable bonds is 6. The number of nitrogens with one attached hydrogen (secondary N) is 2. The molecule has 2 N–H and O–H groups in total. The minimum absolute atomic E-state index is 0.0989. The average molecular weight is 468 g/mol. The van der Waals surface area contributed by atoms with Crippen LogP contribution in [0.2, 0.25) is 0 Å². The van der Waals surface area contributed by atoms with Crippen molar-refractivity contribution in [1.82, 2.24) is 30.3 Å². The number of pyridine rings is 1. The summed E-state index contributed by atoms with van der Waals surface area (Å²) in [5.41, 5.74) is 3.97. The van der Waals surface area contributed by atoms with Gasteiger partial charge in [-0.2, -0.15) is 10.2 Å². The number of halogens is 2. The normalized spacial score (nSPS) is 22.9. The molecule has 3 aliphatic rings. The van der Waals surface area contributed by atoms with E-state index >= 15 is 0 Å². The predicted molar refractivity (Wildman–Crippen MR) is 121 cm³/mol. The molecule has 4 heterocycles. The van der Waals surface area contributed by atoms with Crippen molar-refractivity contribution in [3.8, 4) is 0 Å². The predicted octanol–water partition coefficient (Wildman–Crippen LogP) is 3.48. The lowest BCUT2D eigenvalue weighted by Crippen LogP contribution is -2.28. The largest absolute Gasteiger partial charge is 0.356 e. The van der Waals surface area contributed by atoms with Gasteiger partial charge in [-0.3, -0.25) is 14.6 Å². The van der Waals surface area contributed by atoms with Gasteiger partial charge in [0.1, 0.15) is 11.5 Å². The maximum atomic E-state index is 13.7. The van der Waals surface area contributed by atoms with Gasteiger partial charge in [-0.05, 0) is 62.1 Å². The van der Waals surface area contributed by atoms with Crippen LogP contribution in [-0.2, 0) is 13.0 Å². The number of aromatic amines is 1. The first kappa shape index (κ1) is 21.2. The van der Waals surface area contributed by atoms with Crippen LogP contribution in [0, 0.1) is 25.7 Å². The van der Waals surface area contributed by atoms with Crippen molar-refractivity contribution in [2.24, 2.45) is 11.8 Å². The smallest absolute Gasteiger partial charge is 0.282 e. The molecule has 1 aliphatic heterocycles. The Morgan fingerprint density at radius 2 is 2.03 bits per heavy atom. The summed E-state index contributed by atoms with van der Waals surface area (Å²) in [5, 5.41) is 14.1. The zero-order valence-corrected chi connectivity index (χ0v) is 19.2. The number of hydrogen-bond donors (Lipinski definition) is 2. The third kappa shape index (κ3) is 3.65. The number of piperidine rings is 1. The summed E-state index contributed by atoms with van der Waals surface area (Å²) in [4.78, 5) is 20.0. The van der Waals surface area contributed by atoms with E-state index in [4.69, 9.17) is 4.98 Å². The highest BCUT2D eigenvalue weighted by atomic mass is 19.3. The number of H-pyrrole nitrogens is 1. The molecule has 34 heavy (non-hydrogen) atoms. The number of aryl methyl sites for hydroxylation is 2. The van der Waals surface area contributed by atoms with E-state index in [9.17, 15) is 13.6 Å². The molecule has 178 valence electrons. The lowest BCUT2D eigenvalue weighted by Gasteiger charge is -2.20. The molecule has 2 fully saturated rings. The van der Waals surface area contributed by atoms with Gasteiger partial charge in [0, 0.05) is 25.0 Å². The van der Waals surface area contributed by atoms with Gasteiger partial charge >= 0.3 is 0 Å². The first-order chi connectivity index (χ1) is 16.4. The SMILES string of the molecule is Cc1nc(N2CC3CC3C2)ccc1Cn1cc(C(=O)N[C@@H]2CCc3c(C)n[nH]c32)c(C(F)F)n1. The van der Waals surface area contributed by atoms with Gasteiger partial charge in [-0.25, -0.2) is 13.8 Å². The highest BCUT2D eigenvalue weighted by Crippen LogP contribution is 2.46. The molecular formula is C24H27F2N7O. The zero-order chi connectivity index (χ0) is 23.6. The van der Waals surface area contributed by atoms with Crippen molar-refractivity contribution in [3.63, 3.8) is 0 Å². The van der Waals surface area contributed by atoms with Crippen molar-refractivity contribution in [3.05, 3.63) is 57.8 Å². The maximum absolute atomic E-state index is 13.7. The van der Waals surface area contributed by atoms with Crippen LogP contribution >= 0.6 is 0 Å². The molecule has 10 heteroatoms. The molecule has 0 radical (unpaired) electrons. The Bertz CT molecular complexity index is 1260. The van der Waals surface area contributed by atoms with E-state index < -0.39 is 18.0 Å². The van der Waals surface area contributed by atoms with Crippen molar-refractivity contribution >= 4 is 11.7 Å². The summed E-state index contributed by atoms with van der Waals surface area (Å²) in [7, 11) is 0. The molecule has 3 atom stereocenters. The van der Waals surface area contributed by atoms with Crippen LogP contribution in [0.1, 0.15) is 69.6 Å². The number of nitrogens with zero attached hydrogens (tertiary/aromatic N) is 5. The fourth-order valence-electron chi connectivity index (χ4n) is 5.42. The van der Waals surface area contributed by atoms with E-state index in [0.717, 1.165) is 65.4 Å². The van der Waals surface area contributed by atoms with E-state index in [1.165, 1.54) is 17.3 Å². The molecule has 2 unspecified atom stereocenters. The first-order valence-electron chi connectivity index (χ1n) is 11.8. The van der Waals surface area contributed by atoms with Crippen molar-refractivity contribution in [2.45, 2.75) is 52.1 Å². The summed E-state index contributed by atoms with van der Waals surface area (Å²) >= 11 is 0.